The third kappa shape index (κ3) is 2.13. The lowest BCUT2D eigenvalue weighted by Crippen LogP contribution is -2.43. The Hall–Kier alpha value is -1.19. The van der Waals surface area contributed by atoms with Crippen molar-refractivity contribution in [3.05, 3.63) is 34.9 Å². The van der Waals surface area contributed by atoms with E-state index in [0.29, 0.717) is 12.2 Å². The van der Waals surface area contributed by atoms with Gasteiger partial charge < -0.3 is 5.32 Å². The van der Waals surface area contributed by atoms with Crippen molar-refractivity contribution >= 4 is 5.78 Å². The van der Waals surface area contributed by atoms with Gasteiger partial charge >= 0.3 is 0 Å². The molecule has 0 unspecified atom stereocenters. The van der Waals surface area contributed by atoms with Crippen LogP contribution in [0, 0.1) is 0 Å². The molecular weight excluding hydrogens is 212 g/mol. The van der Waals surface area contributed by atoms with Crippen LogP contribution in [0.5, 0.6) is 0 Å². The van der Waals surface area contributed by atoms with Crippen LogP contribution in [0.25, 0.3) is 0 Å². The van der Waals surface area contributed by atoms with E-state index in [0.717, 1.165) is 44.7 Å². The van der Waals surface area contributed by atoms with Crippen molar-refractivity contribution in [2.45, 2.75) is 19.4 Å². The van der Waals surface area contributed by atoms with Gasteiger partial charge in [0.1, 0.15) is 0 Å². The molecule has 2 aliphatic rings. The normalized spacial score (nSPS) is 20.6. The Balaban J connectivity index is 1.81. The molecule has 0 aromatic heterocycles. The molecule has 1 fully saturated rings. The molecule has 1 aliphatic heterocycles. The van der Waals surface area contributed by atoms with Gasteiger partial charge in [-0.2, -0.15) is 0 Å². The average Bonchev–Trinajstić information content (AvgIpc) is 2.74. The predicted octanol–water partition coefficient (Wildman–Crippen LogP) is 1.22. The number of piperazine rings is 1. The van der Waals surface area contributed by atoms with Gasteiger partial charge in [0.25, 0.3) is 0 Å². The van der Waals surface area contributed by atoms with Crippen molar-refractivity contribution in [3.63, 3.8) is 0 Å². The maximum atomic E-state index is 11.7. The Morgan fingerprint density at radius 2 is 2.00 bits per heavy atom. The molecule has 3 rings (SSSR count). The third-order valence-electron chi connectivity index (χ3n) is 3.78. The van der Waals surface area contributed by atoms with Gasteiger partial charge in [-0.05, 0) is 17.5 Å². The molecule has 1 N–H and O–H groups in total. The summed E-state index contributed by atoms with van der Waals surface area (Å²) in [6.07, 6.45) is 1.64. The molecule has 3 heteroatoms. The van der Waals surface area contributed by atoms with Gasteiger partial charge in [0, 0.05) is 44.7 Å². The Kier molecular flexibility index (Phi) is 2.95. The minimum Gasteiger partial charge on any atom is -0.314 e. The molecule has 90 valence electrons. The number of nitrogens with zero attached hydrogens (tertiary/aromatic N) is 1. The lowest BCUT2D eigenvalue weighted by atomic mass is 10.0. The summed E-state index contributed by atoms with van der Waals surface area (Å²) < 4.78 is 0. The number of fused-ring (bicyclic) bond motifs is 1. The SMILES string of the molecule is O=C1CCc2c(CN3CCNCC3)cccc21. The summed E-state index contributed by atoms with van der Waals surface area (Å²) in [5.74, 6) is 0.321. The van der Waals surface area contributed by atoms with Crippen LogP contribution in [0.2, 0.25) is 0 Å². The average molecular weight is 230 g/mol. The number of nitrogens with one attached hydrogen (secondary N) is 1. The van der Waals surface area contributed by atoms with E-state index in [1.807, 2.05) is 12.1 Å². The summed E-state index contributed by atoms with van der Waals surface area (Å²) in [7, 11) is 0. The highest BCUT2D eigenvalue weighted by molar-refractivity contribution is 6.00. The van der Waals surface area contributed by atoms with E-state index in [-0.39, 0.29) is 0 Å². The highest BCUT2D eigenvalue weighted by atomic mass is 16.1. The number of hydrogen-bond acceptors (Lipinski definition) is 3. The summed E-state index contributed by atoms with van der Waals surface area (Å²) in [5, 5.41) is 3.36. The summed E-state index contributed by atoms with van der Waals surface area (Å²) >= 11 is 0. The van der Waals surface area contributed by atoms with E-state index in [1.54, 1.807) is 0 Å². The van der Waals surface area contributed by atoms with Crippen molar-refractivity contribution < 1.29 is 4.79 Å². The van der Waals surface area contributed by atoms with Crippen molar-refractivity contribution in [2.75, 3.05) is 26.2 Å². The van der Waals surface area contributed by atoms with Gasteiger partial charge in [0.2, 0.25) is 0 Å². The minimum atomic E-state index is 0.321. The Bertz CT molecular complexity index is 436. The maximum Gasteiger partial charge on any atom is 0.163 e. The monoisotopic (exact) mass is 230 g/mol. The molecule has 0 spiro atoms. The van der Waals surface area contributed by atoms with Crippen LogP contribution in [-0.4, -0.2) is 36.9 Å². The molecule has 0 atom stereocenters. The molecule has 0 radical (unpaired) electrons. The highest BCUT2D eigenvalue weighted by Gasteiger charge is 2.22. The molecule has 1 aromatic carbocycles. The van der Waals surface area contributed by atoms with Gasteiger partial charge in [-0.15, -0.1) is 0 Å². The van der Waals surface area contributed by atoms with E-state index in [2.05, 4.69) is 16.3 Å². The maximum absolute atomic E-state index is 11.7. The second-order valence-electron chi connectivity index (χ2n) is 4.89. The quantitative estimate of drug-likeness (QED) is 0.829. The first-order chi connectivity index (χ1) is 8.34. The second kappa shape index (κ2) is 4.59. The molecule has 0 amide bonds. The number of ketones is 1. The Labute approximate surface area is 102 Å². The van der Waals surface area contributed by atoms with Crippen molar-refractivity contribution in [1.82, 2.24) is 10.2 Å². The molecule has 17 heavy (non-hydrogen) atoms. The minimum absolute atomic E-state index is 0.321. The van der Waals surface area contributed by atoms with Crippen LogP contribution in [0.1, 0.15) is 27.9 Å². The molecule has 1 aliphatic carbocycles. The van der Waals surface area contributed by atoms with Gasteiger partial charge in [0.15, 0.2) is 5.78 Å². The summed E-state index contributed by atoms with van der Waals surface area (Å²) in [4.78, 5) is 14.2. The zero-order valence-electron chi connectivity index (χ0n) is 10.0. The van der Waals surface area contributed by atoms with Crippen LogP contribution in [0.15, 0.2) is 18.2 Å². The van der Waals surface area contributed by atoms with E-state index < -0.39 is 0 Å². The highest BCUT2D eigenvalue weighted by Crippen LogP contribution is 2.26. The number of Topliss-reactive ketones (excluding diaryl/α,β-unsaturated/α-hetero) is 1. The zero-order chi connectivity index (χ0) is 11.7. The fourth-order valence-corrected chi connectivity index (χ4v) is 2.82. The zero-order valence-corrected chi connectivity index (χ0v) is 10.0. The Morgan fingerprint density at radius 3 is 2.82 bits per heavy atom. The lowest BCUT2D eigenvalue weighted by Gasteiger charge is -2.27. The smallest absolute Gasteiger partial charge is 0.163 e. The van der Waals surface area contributed by atoms with Crippen LogP contribution in [-0.2, 0) is 13.0 Å². The predicted molar refractivity (Wildman–Crippen MR) is 67.2 cm³/mol. The first-order valence-corrected chi connectivity index (χ1v) is 6.41. The fourth-order valence-electron chi connectivity index (χ4n) is 2.82. The summed E-state index contributed by atoms with van der Waals surface area (Å²) in [5.41, 5.74) is 3.63. The van der Waals surface area contributed by atoms with Crippen LogP contribution < -0.4 is 5.32 Å². The van der Waals surface area contributed by atoms with E-state index in [1.165, 1.54) is 11.1 Å². The number of carbonyl (C=O) groups excluding carboxylic acids is 1. The first kappa shape index (κ1) is 10.9. The third-order valence-corrected chi connectivity index (χ3v) is 3.78. The van der Waals surface area contributed by atoms with Crippen LogP contribution in [0.4, 0.5) is 0 Å². The van der Waals surface area contributed by atoms with Gasteiger partial charge in [-0.1, -0.05) is 18.2 Å². The number of rotatable bonds is 2. The van der Waals surface area contributed by atoms with Crippen LogP contribution >= 0.6 is 0 Å². The lowest BCUT2D eigenvalue weighted by molar-refractivity contribution is 0.0994. The molecule has 3 nitrogen and oxygen atoms in total. The Morgan fingerprint density at radius 1 is 1.18 bits per heavy atom. The van der Waals surface area contributed by atoms with Crippen molar-refractivity contribution in [1.29, 1.82) is 0 Å². The van der Waals surface area contributed by atoms with Crippen LogP contribution in [0.3, 0.4) is 0 Å². The molecule has 0 saturated carbocycles. The summed E-state index contributed by atoms with van der Waals surface area (Å²) in [6, 6.07) is 6.19. The molecular formula is C14H18N2O. The van der Waals surface area contributed by atoms with Gasteiger partial charge in [-0.25, -0.2) is 0 Å². The number of benzene rings is 1. The van der Waals surface area contributed by atoms with Gasteiger partial charge in [-0.3, -0.25) is 9.69 Å². The molecule has 0 bridgehead atoms. The van der Waals surface area contributed by atoms with Gasteiger partial charge in [0.05, 0.1) is 0 Å². The molecule has 1 saturated heterocycles. The first-order valence-electron chi connectivity index (χ1n) is 6.41. The number of hydrogen-bond donors (Lipinski definition) is 1. The van der Waals surface area contributed by atoms with Crippen molar-refractivity contribution in [2.24, 2.45) is 0 Å². The summed E-state index contributed by atoms with van der Waals surface area (Å²) in [6.45, 7) is 5.37. The molecule has 1 heterocycles. The largest absolute Gasteiger partial charge is 0.314 e. The second-order valence-corrected chi connectivity index (χ2v) is 4.89. The topological polar surface area (TPSA) is 32.3 Å². The molecule has 1 aromatic rings. The fraction of sp³-hybridized carbons (Fsp3) is 0.500. The van der Waals surface area contributed by atoms with Crippen molar-refractivity contribution in [3.8, 4) is 0 Å². The van der Waals surface area contributed by atoms with E-state index in [9.17, 15) is 4.79 Å². The number of carbonyl (C=O) groups is 1. The van der Waals surface area contributed by atoms with E-state index in [4.69, 9.17) is 0 Å². The standard InChI is InChI=1S/C14H18N2O/c17-14-5-4-12-11(2-1-3-13(12)14)10-16-8-6-15-7-9-16/h1-3,15H,4-10H2. The van der Waals surface area contributed by atoms with E-state index >= 15 is 0 Å².